The second-order valence-electron chi connectivity index (χ2n) is 11.8. The number of carbonyl (C=O) groups excluding carboxylic acids is 1. The van der Waals surface area contributed by atoms with Crippen molar-refractivity contribution in [2.24, 2.45) is 5.92 Å². The van der Waals surface area contributed by atoms with E-state index in [0.29, 0.717) is 19.8 Å². The van der Waals surface area contributed by atoms with E-state index in [1.807, 2.05) is 11.0 Å². The highest BCUT2D eigenvalue weighted by atomic mass is 16.6. The lowest BCUT2D eigenvalue weighted by molar-refractivity contribution is -0.144. The number of hydrogen-bond acceptors (Lipinski definition) is 7. The molecule has 2 bridgehead atoms. The topological polar surface area (TPSA) is 76.2 Å². The van der Waals surface area contributed by atoms with Crippen LogP contribution >= 0.6 is 0 Å². The average Bonchev–Trinajstić information content (AvgIpc) is 3.04. The smallest absolute Gasteiger partial charge is 0.230 e. The molecule has 4 heterocycles. The van der Waals surface area contributed by atoms with Crippen molar-refractivity contribution in [1.29, 1.82) is 0 Å². The summed E-state index contributed by atoms with van der Waals surface area (Å²) >= 11 is 0. The van der Waals surface area contributed by atoms with Crippen molar-refractivity contribution in [2.75, 3.05) is 41.4 Å². The molecule has 1 aromatic heterocycles. The molecule has 1 amide bonds. The number of nitrogens with zero attached hydrogens (tertiary/aromatic N) is 3. The molecule has 2 unspecified atom stereocenters. The summed E-state index contributed by atoms with van der Waals surface area (Å²) in [5, 5.41) is 3.51. The van der Waals surface area contributed by atoms with E-state index >= 15 is 0 Å². The molecular weight excluding hydrogens is 468 g/mol. The Morgan fingerprint density at radius 1 is 1.08 bits per heavy atom. The van der Waals surface area contributed by atoms with Crippen LogP contribution in [0.2, 0.25) is 0 Å². The van der Waals surface area contributed by atoms with Crippen LogP contribution in [0, 0.1) is 5.92 Å². The summed E-state index contributed by atoms with van der Waals surface area (Å²) in [5.41, 5.74) is 3.81. The Morgan fingerprint density at radius 3 is 2.57 bits per heavy atom. The van der Waals surface area contributed by atoms with Crippen molar-refractivity contribution in [3.8, 4) is 0 Å². The van der Waals surface area contributed by atoms with Gasteiger partial charge in [-0.3, -0.25) is 4.79 Å². The molecule has 2 saturated heterocycles. The van der Waals surface area contributed by atoms with Crippen LogP contribution in [-0.2, 0) is 25.5 Å². The Balaban J connectivity index is 1.28. The molecule has 6 rings (SSSR count). The summed E-state index contributed by atoms with van der Waals surface area (Å²) in [6.45, 7) is 9.65. The zero-order chi connectivity index (χ0) is 25.6. The van der Waals surface area contributed by atoms with Gasteiger partial charge >= 0.3 is 0 Å². The number of morpholine rings is 1. The summed E-state index contributed by atoms with van der Waals surface area (Å²) in [6, 6.07) is 10.4. The van der Waals surface area contributed by atoms with Gasteiger partial charge in [0.1, 0.15) is 5.82 Å². The van der Waals surface area contributed by atoms with Gasteiger partial charge < -0.3 is 29.3 Å². The molecule has 2 aromatic rings. The van der Waals surface area contributed by atoms with E-state index < -0.39 is 0 Å². The van der Waals surface area contributed by atoms with Gasteiger partial charge in [0, 0.05) is 36.5 Å². The first-order chi connectivity index (χ1) is 17.8. The average molecular weight is 507 g/mol. The second kappa shape index (κ2) is 9.89. The number of anilines is 4. The highest BCUT2D eigenvalue weighted by molar-refractivity contribution is 6.00. The predicted molar refractivity (Wildman–Crippen MR) is 143 cm³/mol. The Kier molecular flexibility index (Phi) is 6.59. The minimum atomic E-state index is -0.159. The van der Waals surface area contributed by atoms with Crippen molar-refractivity contribution in [3.05, 3.63) is 42.1 Å². The number of nitrogens with one attached hydrogen (secondary N) is 1. The number of amides is 1. The summed E-state index contributed by atoms with van der Waals surface area (Å²) in [7, 11) is 0. The van der Waals surface area contributed by atoms with Crippen molar-refractivity contribution in [3.63, 3.8) is 0 Å². The van der Waals surface area contributed by atoms with Crippen molar-refractivity contribution < 1.29 is 19.0 Å². The zero-order valence-electron chi connectivity index (χ0n) is 22.1. The first-order valence-corrected chi connectivity index (χ1v) is 13.6. The largest absolute Gasteiger partial charge is 0.376 e. The summed E-state index contributed by atoms with van der Waals surface area (Å²) in [6.07, 6.45) is 5.73. The predicted octanol–water partition coefficient (Wildman–Crippen LogP) is 4.65. The number of aromatic nitrogens is 1. The Bertz CT molecular complexity index is 1130. The molecule has 1 aromatic carbocycles. The lowest BCUT2D eigenvalue weighted by atomic mass is 9.86. The maximum atomic E-state index is 14.1. The van der Waals surface area contributed by atoms with Gasteiger partial charge in [0.2, 0.25) is 5.91 Å². The number of carbonyl (C=O) groups is 1. The van der Waals surface area contributed by atoms with E-state index in [0.717, 1.165) is 67.2 Å². The first-order valence-electron chi connectivity index (χ1n) is 13.6. The molecule has 8 nitrogen and oxygen atoms in total. The Hall–Kier alpha value is -2.68. The molecule has 1 saturated carbocycles. The van der Waals surface area contributed by atoms with Crippen LogP contribution in [0.25, 0.3) is 0 Å². The lowest BCUT2D eigenvalue weighted by Crippen LogP contribution is -2.54. The van der Waals surface area contributed by atoms with Gasteiger partial charge in [-0.25, -0.2) is 4.98 Å². The van der Waals surface area contributed by atoms with Gasteiger partial charge in [-0.05, 0) is 70.7 Å². The number of pyridine rings is 1. The highest BCUT2D eigenvalue weighted by Crippen LogP contribution is 2.40. The molecule has 0 spiro atoms. The molecule has 1 aliphatic carbocycles. The van der Waals surface area contributed by atoms with Crippen LogP contribution in [0.3, 0.4) is 0 Å². The van der Waals surface area contributed by atoms with E-state index in [9.17, 15) is 4.79 Å². The molecular formula is C29H38N4O4. The fourth-order valence-corrected chi connectivity index (χ4v) is 6.10. The number of ether oxygens (including phenoxy) is 3. The number of benzene rings is 1. The van der Waals surface area contributed by atoms with Crippen molar-refractivity contribution in [2.45, 2.75) is 76.9 Å². The maximum absolute atomic E-state index is 14.1. The quantitative estimate of drug-likeness (QED) is 0.649. The van der Waals surface area contributed by atoms with Gasteiger partial charge in [0.25, 0.3) is 0 Å². The van der Waals surface area contributed by atoms with E-state index in [1.54, 1.807) is 6.20 Å². The van der Waals surface area contributed by atoms with Gasteiger partial charge in [0.05, 0.1) is 55.0 Å². The summed E-state index contributed by atoms with van der Waals surface area (Å²) < 4.78 is 18.0. The minimum absolute atomic E-state index is 0.00515. The van der Waals surface area contributed by atoms with Gasteiger partial charge in [-0.2, -0.15) is 0 Å². The normalized spacial score (nSPS) is 27.5. The Morgan fingerprint density at radius 2 is 1.84 bits per heavy atom. The highest BCUT2D eigenvalue weighted by Gasteiger charge is 2.36. The third-order valence-electron chi connectivity index (χ3n) is 7.76. The molecule has 3 aliphatic heterocycles. The molecule has 2 atom stereocenters. The molecule has 4 aliphatic rings. The van der Waals surface area contributed by atoms with Gasteiger partial charge in [-0.1, -0.05) is 6.07 Å². The number of rotatable bonds is 3. The molecule has 198 valence electrons. The fraction of sp³-hybridized carbons (Fsp3) is 0.586. The van der Waals surface area contributed by atoms with E-state index in [4.69, 9.17) is 14.2 Å². The van der Waals surface area contributed by atoms with E-state index in [2.05, 4.69) is 60.2 Å². The summed E-state index contributed by atoms with van der Waals surface area (Å²) in [5.74, 6) is 1.000. The van der Waals surface area contributed by atoms with Crippen LogP contribution in [0.1, 0.15) is 52.0 Å². The standard InChI is InChI=1S/C29H38N4O4/c1-29(2,3)37-22-9-6-19(7-10-22)28(34)33-14-20-5-4-12-30-27(20)31-25-11-8-21(13-26(25)33)32-15-23-17-35-18-24(16-32)36-23/h4-5,8,11-13,19,22-24H,6-7,9-10,14-18H2,1-3H3,(H,30,31). The van der Waals surface area contributed by atoms with Gasteiger partial charge in [0.15, 0.2) is 0 Å². The third kappa shape index (κ3) is 5.33. The summed E-state index contributed by atoms with van der Waals surface area (Å²) in [4.78, 5) is 23.0. The molecule has 0 radical (unpaired) electrons. The van der Waals surface area contributed by atoms with Gasteiger partial charge in [-0.15, -0.1) is 0 Å². The van der Waals surface area contributed by atoms with E-state index in [1.165, 1.54) is 0 Å². The minimum Gasteiger partial charge on any atom is -0.376 e. The monoisotopic (exact) mass is 506 g/mol. The lowest BCUT2D eigenvalue weighted by Gasteiger charge is -2.42. The van der Waals surface area contributed by atoms with Crippen molar-refractivity contribution in [1.82, 2.24) is 4.98 Å². The zero-order valence-corrected chi connectivity index (χ0v) is 22.1. The maximum Gasteiger partial charge on any atom is 0.230 e. The molecule has 8 heteroatoms. The van der Waals surface area contributed by atoms with Crippen LogP contribution in [-0.4, -0.2) is 61.1 Å². The van der Waals surface area contributed by atoms with Crippen LogP contribution in [0.5, 0.6) is 0 Å². The number of fused-ring (bicyclic) bond motifs is 4. The van der Waals surface area contributed by atoms with Crippen LogP contribution < -0.4 is 15.1 Å². The SMILES string of the molecule is CC(C)(C)OC1CCC(C(=O)N2Cc3cccnc3Nc3ccc(N4CC5COCC(C4)O5)cc32)CC1. The molecule has 3 fully saturated rings. The van der Waals surface area contributed by atoms with Crippen molar-refractivity contribution >= 4 is 28.8 Å². The number of hydrogen-bond donors (Lipinski definition) is 1. The third-order valence-corrected chi connectivity index (χ3v) is 7.76. The van der Waals surface area contributed by atoms with E-state index in [-0.39, 0.29) is 35.7 Å². The van der Waals surface area contributed by atoms with Crippen LogP contribution in [0.4, 0.5) is 22.9 Å². The first kappa shape index (κ1) is 24.6. The van der Waals surface area contributed by atoms with Crippen LogP contribution in [0.15, 0.2) is 36.5 Å². The molecule has 37 heavy (non-hydrogen) atoms. The second-order valence-corrected chi connectivity index (χ2v) is 11.8. The molecule has 1 N–H and O–H groups in total. The fourth-order valence-electron chi connectivity index (χ4n) is 6.10. The Labute approximate surface area is 219 Å².